The summed E-state index contributed by atoms with van der Waals surface area (Å²) in [6, 6.07) is 17.8. The van der Waals surface area contributed by atoms with Crippen LogP contribution in [0.4, 0.5) is 23.0 Å². The minimum absolute atomic E-state index is 0.0959. The van der Waals surface area contributed by atoms with Gasteiger partial charge in [0, 0.05) is 67.5 Å². The van der Waals surface area contributed by atoms with Crippen LogP contribution in [0.3, 0.4) is 0 Å². The Kier molecular flexibility index (Phi) is 7.90. The van der Waals surface area contributed by atoms with Gasteiger partial charge in [0.2, 0.25) is 11.9 Å². The van der Waals surface area contributed by atoms with Gasteiger partial charge < -0.3 is 25.2 Å². The number of piperazine rings is 1. The Bertz CT molecular complexity index is 1310. The highest BCUT2D eigenvalue weighted by molar-refractivity contribution is 5.94. The molecule has 1 saturated carbocycles. The lowest BCUT2D eigenvalue weighted by molar-refractivity contribution is -0.135. The summed E-state index contributed by atoms with van der Waals surface area (Å²) in [5.41, 5.74) is 4.51. The first-order valence-electron chi connectivity index (χ1n) is 14.4. The lowest BCUT2D eigenvalue weighted by atomic mass is 10.1. The molecule has 1 atom stereocenters. The Hall–Kier alpha value is -3.98. The van der Waals surface area contributed by atoms with Gasteiger partial charge in [0.15, 0.2) is 0 Å². The molecule has 1 aromatic heterocycles. The van der Waals surface area contributed by atoms with Crippen LogP contribution in [0, 0.1) is 5.92 Å². The molecule has 3 fully saturated rings. The fourth-order valence-electron chi connectivity index (χ4n) is 5.81. The standard InChI is InChI=1S/C31H36N6O3/c38-29(28-6-3-21-40-28)33-24-9-7-22(8-10-24)27-15-16-32-31(35-27)34-25-11-13-26(14-12-25)36-17-19-37(20-18-36)30(39)23-4-1-2-5-23/h7-16,23,28H,1-6,17-21H2,(H,33,38)(H,32,34,35). The number of rotatable bonds is 7. The highest BCUT2D eigenvalue weighted by Crippen LogP contribution is 2.28. The zero-order valence-corrected chi connectivity index (χ0v) is 22.7. The molecular formula is C31H36N6O3. The smallest absolute Gasteiger partial charge is 0.253 e. The second-order valence-electron chi connectivity index (χ2n) is 10.8. The number of amides is 2. The van der Waals surface area contributed by atoms with E-state index in [4.69, 9.17) is 4.74 Å². The van der Waals surface area contributed by atoms with Crippen molar-refractivity contribution in [2.24, 2.45) is 5.92 Å². The van der Waals surface area contributed by atoms with Gasteiger partial charge in [-0.2, -0.15) is 0 Å². The monoisotopic (exact) mass is 540 g/mol. The first-order valence-corrected chi connectivity index (χ1v) is 14.4. The Morgan fingerprint density at radius 2 is 1.55 bits per heavy atom. The van der Waals surface area contributed by atoms with Crippen LogP contribution in [-0.2, 0) is 14.3 Å². The van der Waals surface area contributed by atoms with E-state index in [-0.39, 0.29) is 17.9 Å². The summed E-state index contributed by atoms with van der Waals surface area (Å²) in [7, 11) is 0. The highest BCUT2D eigenvalue weighted by Gasteiger charge is 2.29. The molecule has 2 aliphatic heterocycles. The molecule has 2 N–H and O–H groups in total. The van der Waals surface area contributed by atoms with Crippen molar-refractivity contribution in [3.05, 3.63) is 60.8 Å². The third-order valence-corrected chi connectivity index (χ3v) is 8.11. The van der Waals surface area contributed by atoms with E-state index >= 15 is 0 Å². The predicted octanol–water partition coefficient (Wildman–Crippen LogP) is 4.84. The molecule has 3 aromatic rings. The van der Waals surface area contributed by atoms with Gasteiger partial charge in [-0.1, -0.05) is 25.0 Å². The minimum Gasteiger partial charge on any atom is -0.368 e. The van der Waals surface area contributed by atoms with E-state index in [2.05, 4.69) is 42.5 Å². The first-order chi connectivity index (χ1) is 19.6. The average Bonchev–Trinajstić information content (AvgIpc) is 3.74. The molecule has 9 heteroatoms. The zero-order valence-electron chi connectivity index (χ0n) is 22.7. The maximum Gasteiger partial charge on any atom is 0.253 e. The summed E-state index contributed by atoms with van der Waals surface area (Å²) in [4.78, 5) is 38.5. The largest absolute Gasteiger partial charge is 0.368 e. The maximum atomic E-state index is 12.7. The molecule has 0 radical (unpaired) electrons. The molecule has 208 valence electrons. The van der Waals surface area contributed by atoms with Crippen LogP contribution in [0.25, 0.3) is 11.3 Å². The van der Waals surface area contributed by atoms with Crippen LogP contribution in [0.1, 0.15) is 38.5 Å². The summed E-state index contributed by atoms with van der Waals surface area (Å²) in [5, 5.41) is 6.23. The van der Waals surface area contributed by atoms with Gasteiger partial charge in [-0.25, -0.2) is 9.97 Å². The number of hydrogen-bond acceptors (Lipinski definition) is 7. The van der Waals surface area contributed by atoms with Crippen LogP contribution >= 0.6 is 0 Å². The van der Waals surface area contributed by atoms with Crippen LogP contribution in [-0.4, -0.2) is 65.6 Å². The van der Waals surface area contributed by atoms with Crippen molar-refractivity contribution in [2.75, 3.05) is 48.3 Å². The lowest BCUT2D eigenvalue weighted by Gasteiger charge is -2.37. The predicted molar refractivity (Wildman–Crippen MR) is 156 cm³/mol. The number of hydrogen-bond donors (Lipinski definition) is 2. The second-order valence-corrected chi connectivity index (χ2v) is 10.8. The molecule has 3 heterocycles. The number of nitrogens with zero attached hydrogens (tertiary/aromatic N) is 4. The molecule has 0 bridgehead atoms. The van der Waals surface area contributed by atoms with Gasteiger partial charge in [-0.05, 0) is 68.1 Å². The number of ether oxygens (including phenoxy) is 1. The first kappa shape index (κ1) is 26.3. The molecule has 6 rings (SSSR count). The third-order valence-electron chi connectivity index (χ3n) is 8.11. The van der Waals surface area contributed by atoms with Crippen molar-refractivity contribution in [3.63, 3.8) is 0 Å². The number of carbonyl (C=O) groups is 2. The number of aromatic nitrogens is 2. The van der Waals surface area contributed by atoms with Gasteiger partial charge in [0.05, 0.1) is 5.69 Å². The topological polar surface area (TPSA) is 99.7 Å². The van der Waals surface area contributed by atoms with Gasteiger partial charge >= 0.3 is 0 Å². The Morgan fingerprint density at radius 3 is 2.25 bits per heavy atom. The van der Waals surface area contributed by atoms with E-state index in [0.717, 1.165) is 80.2 Å². The molecular weight excluding hydrogens is 504 g/mol. The minimum atomic E-state index is -0.355. The Balaban J connectivity index is 1.03. The van der Waals surface area contributed by atoms with Crippen LogP contribution < -0.4 is 15.5 Å². The summed E-state index contributed by atoms with van der Waals surface area (Å²) in [5.74, 6) is 1.03. The van der Waals surface area contributed by atoms with Gasteiger partial charge in [0.25, 0.3) is 5.91 Å². The maximum absolute atomic E-state index is 12.7. The molecule has 9 nitrogen and oxygen atoms in total. The summed E-state index contributed by atoms with van der Waals surface area (Å²) < 4.78 is 5.46. The molecule has 2 aromatic carbocycles. The quantitative estimate of drug-likeness (QED) is 0.442. The van der Waals surface area contributed by atoms with Crippen LogP contribution in [0.2, 0.25) is 0 Å². The molecule has 40 heavy (non-hydrogen) atoms. The van der Waals surface area contributed by atoms with Gasteiger partial charge in [-0.15, -0.1) is 0 Å². The van der Waals surface area contributed by atoms with Gasteiger partial charge in [-0.3, -0.25) is 9.59 Å². The Labute approximate surface area is 234 Å². The average molecular weight is 541 g/mol. The fraction of sp³-hybridized carbons (Fsp3) is 0.419. The van der Waals surface area contributed by atoms with E-state index in [1.54, 1.807) is 6.20 Å². The highest BCUT2D eigenvalue weighted by atomic mass is 16.5. The SMILES string of the molecule is O=C(Nc1ccc(-c2ccnc(Nc3ccc(N4CCN(C(=O)C5CCCC5)CC4)cc3)n2)cc1)C1CCCO1. The lowest BCUT2D eigenvalue weighted by Crippen LogP contribution is -2.50. The molecule has 2 saturated heterocycles. The summed E-state index contributed by atoms with van der Waals surface area (Å²) in [6.45, 7) is 3.93. The Morgan fingerprint density at radius 1 is 0.825 bits per heavy atom. The number of carbonyl (C=O) groups excluding carboxylic acids is 2. The van der Waals surface area contributed by atoms with Crippen molar-refractivity contribution in [3.8, 4) is 11.3 Å². The molecule has 0 spiro atoms. The van der Waals surface area contributed by atoms with E-state index in [1.165, 1.54) is 12.8 Å². The zero-order chi connectivity index (χ0) is 27.3. The van der Waals surface area contributed by atoms with Crippen molar-refractivity contribution in [1.29, 1.82) is 0 Å². The van der Waals surface area contributed by atoms with E-state index in [1.807, 2.05) is 42.5 Å². The van der Waals surface area contributed by atoms with E-state index < -0.39 is 0 Å². The van der Waals surface area contributed by atoms with E-state index in [9.17, 15) is 9.59 Å². The molecule has 3 aliphatic rings. The van der Waals surface area contributed by atoms with Crippen molar-refractivity contribution >= 4 is 34.8 Å². The fourth-order valence-corrected chi connectivity index (χ4v) is 5.81. The second kappa shape index (κ2) is 12.0. The number of benzene rings is 2. The third kappa shape index (κ3) is 6.09. The van der Waals surface area contributed by atoms with Crippen molar-refractivity contribution < 1.29 is 14.3 Å². The van der Waals surface area contributed by atoms with Gasteiger partial charge in [0.1, 0.15) is 6.10 Å². The summed E-state index contributed by atoms with van der Waals surface area (Å²) in [6.07, 6.45) is 7.57. The molecule has 1 unspecified atom stereocenters. The number of nitrogens with one attached hydrogen (secondary N) is 2. The van der Waals surface area contributed by atoms with Crippen molar-refractivity contribution in [2.45, 2.75) is 44.6 Å². The van der Waals surface area contributed by atoms with Crippen molar-refractivity contribution in [1.82, 2.24) is 14.9 Å². The normalized spacial score (nSPS) is 19.6. The number of anilines is 4. The summed E-state index contributed by atoms with van der Waals surface area (Å²) >= 11 is 0. The molecule has 2 amide bonds. The van der Waals surface area contributed by atoms with Crippen LogP contribution in [0.5, 0.6) is 0 Å². The van der Waals surface area contributed by atoms with E-state index in [0.29, 0.717) is 18.5 Å². The van der Waals surface area contributed by atoms with Crippen LogP contribution in [0.15, 0.2) is 60.8 Å². The molecule has 1 aliphatic carbocycles.